The minimum Gasteiger partial charge on any atom is -0.497 e. The quantitative estimate of drug-likeness (QED) is 0.467. The van der Waals surface area contributed by atoms with E-state index < -0.39 is 5.41 Å². The fourth-order valence-electron chi connectivity index (χ4n) is 2.35. The van der Waals surface area contributed by atoms with Gasteiger partial charge in [0.2, 0.25) is 0 Å². The molecule has 0 aliphatic rings. The van der Waals surface area contributed by atoms with Gasteiger partial charge in [-0.1, -0.05) is 67.2 Å². The number of methoxy groups -OCH3 is 1. The topological polar surface area (TPSA) is 26.3 Å². The predicted octanol–water partition coefficient (Wildman–Crippen LogP) is 5.01. The maximum atomic E-state index is 11.8. The molecule has 0 bridgehead atoms. The Morgan fingerprint density at radius 3 is 2.40 bits per heavy atom. The van der Waals surface area contributed by atoms with E-state index in [0.29, 0.717) is 0 Å². The molecule has 1 rings (SSSR count). The van der Waals surface area contributed by atoms with Crippen LogP contribution >= 0.6 is 15.9 Å². The minimum absolute atomic E-state index is 0.639. The number of aldehydes is 1. The number of benzene rings is 1. The molecule has 0 spiro atoms. The summed E-state index contributed by atoms with van der Waals surface area (Å²) in [7, 11) is 1.64. The number of hydrogen-bond acceptors (Lipinski definition) is 2. The Balaban J connectivity index is 2.96. The summed E-state index contributed by atoms with van der Waals surface area (Å²) >= 11 is 3.44. The molecule has 1 atom stereocenters. The SMILES string of the molecule is C=C(Br)C(C=O)(CCCCCC)c1ccc(OC)cc1. The van der Waals surface area contributed by atoms with E-state index in [1.54, 1.807) is 7.11 Å². The second-order valence-corrected chi connectivity index (χ2v) is 5.99. The van der Waals surface area contributed by atoms with Gasteiger partial charge in [-0.3, -0.25) is 0 Å². The lowest BCUT2D eigenvalue weighted by Gasteiger charge is -2.28. The van der Waals surface area contributed by atoms with Gasteiger partial charge in [-0.05, 0) is 24.1 Å². The van der Waals surface area contributed by atoms with Crippen LogP contribution in [0.3, 0.4) is 0 Å². The lowest BCUT2D eigenvalue weighted by atomic mass is 9.77. The second-order valence-electron chi connectivity index (χ2n) is 5.03. The van der Waals surface area contributed by atoms with Crippen LogP contribution in [0.15, 0.2) is 35.3 Å². The van der Waals surface area contributed by atoms with E-state index in [-0.39, 0.29) is 0 Å². The van der Waals surface area contributed by atoms with Gasteiger partial charge in [-0.15, -0.1) is 0 Å². The summed E-state index contributed by atoms with van der Waals surface area (Å²) < 4.78 is 5.89. The van der Waals surface area contributed by atoms with E-state index in [1.165, 1.54) is 12.8 Å². The molecular weight excluding hydrogens is 316 g/mol. The maximum Gasteiger partial charge on any atom is 0.135 e. The summed E-state index contributed by atoms with van der Waals surface area (Å²) in [4.78, 5) is 11.8. The van der Waals surface area contributed by atoms with Crippen molar-refractivity contribution in [3.8, 4) is 5.75 Å². The average molecular weight is 339 g/mol. The van der Waals surface area contributed by atoms with Crippen LogP contribution in [0, 0.1) is 0 Å². The molecule has 0 fully saturated rings. The summed E-state index contributed by atoms with van der Waals surface area (Å²) in [6, 6.07) is 7.66. The zero-order valence-electron chi connectivity index (χ0n) is 12.3. The van der Waals surface area contributed by atoms with E-state index in [0.717, 1.165) is 41.3 Å². The molecule has 0 aliphatic heterocycles. The number of carbonyl (C=O) groups excluding carboxylic acids is 1. The Labute approximate surface area is 130 Å². The Bertz CT molecular complexity index is 439. The van der Waals surface area contributed by atoms with Crippen molar-refractivity contribution < 1.29 is 9.53 Å². The van der Waals surface area contributed by atoms with Gasteiger partial charge in [-0.2, -0.15) is 0 Å². The molecule has 2 nitrogen and oxygen atoms in total. The van der Waals surface area contributed by atoms with Crippen LogP contribution in [0.25, 0.3) is 0 Å². The van der Waals surface area contributed by atoms with E-state index in [4.69, 9.17) is 4.74 Å². The molecule has 0 amide bonds. The van der Waals surface area contributed by atoms with Crippen molar-refractivity contribution in [2.45, 2.75) is 44.4 Å². The monoisotopic (exact) mass is 338 g/mol. The first-order valence-corrected chi connectivity index (χ1v) is 7.85. The van der Waals surface area contributed by atoms with Gasteiger partial charge < -0.3 is 9.53 Å². The van der Waals surface area contributed by atoms with Gasteiger partial charge in [0.05, 0.1) is 12.5 Å². The number of halogens is 1. The first kappa shape index (κ1) is 17.0. The van der Waals surface area contributed by atoms with Crippen molar-refractivity contribution in [1.29, 1.82) is 0 Å². The van der Waals surface area contributed by atoms with Gasteiger partial charge >= 0.3 is 0 Å². The molecule has 0 aromatic heterocycles. The van der Waals surface area contributed by atoms with E-state index in [2.05, 4.69) is 29.4 Å². The predicted molar refractivity (Wildman–Crippen MR) is 87.6 cm³/mol. The number of allylic oxidation sites excluding steroid dienone is 1. The molecule has 0 heterocycles. The number of rotatable bonds is 9. The first-order valence-electron chi connectivity index (χ1n) is 7.06. The van der Waals surface area contributed by atoms with Crippen LogP contribution in [0.5, 0.6) is 5.75 Å². The van der Waals surface area contributed by atoms with Gasteiger partial charge in [-0.25, -0.2) is 0 Å². The van der Waals surface area contributed by atoms with Crippen LogP contribution in [-0.4, -0.2) is 13.4 Å². The molecule has 0 saturated carbocycles. The van der Waals surface area contributed by atoms with E-state index in [9.17, 15) is 4.79 Å². The van der Waals surface area contributed by atoms with Crippen molar-refractivity contribution in [1.82, 2.24) is 0 Å². The van der Waals surface area contributed by atoms with Crippen molar-refractivity contribution >= 4 is 22.2 Å². The molecule has 3 heteroatoms. The first-order chi connectivity index (χ1) is 9.60. The van der Waals surface area contributed by atoms with E-state index in [1.807, 2.05) is 24.3 Å². The number of carbonyl (C=O) groups is 1. The van der Waals surface area contributed by atoms with Crippen LogP contribution in [-0.2, 0) is 10.2 Å². The summed E-state index contributed by atoms with van der Waals surface area (Å²) in [5, 5.41) is 0. The van der Waals surface area contributed by atoms with Crippen molar-refractivity contribution in [3.05, 3.63) is 40.9 Å². The van der Waals surface area contributed by atoms with Crippen LogP contribution < -0.4 is 4.74 Å². The van der Waals surface area contributed by atoms with Gasteiger partial charge in [0, 0.05) is 4.48 Å². The Hall–Kier alpha value is -1.09. The summed E-state index contributed by atoms with van der Waals surface area (Å²) in [6.07, 6.45) is 6.34. The third-order valence-electron chi connectivity index (χ3n) is 3.72. The average Bonchev–Trinajstić information content (AvgIpc) is 2.48. The fourth-order valence-corrected chi connectivity index (χ4v) is 2.87. The van der Waals surface area contributed by atoms with Crippen molar-refractivity contribution in [2.24, 2.45) is 0 Å². The van der Waals surface area contributed by atoms with E-state index >= 15 is 0 Å². The number of unbranched alkanes of at least 4 members (excludes halogenated alkanes) is 3. The van der Waals surface area contributed by atoms with Crippen molar-refractivity contribution in [2.75, 3.05) is 7.11 Å². The smallest absolute Gasteiger partial charge is 0.135 e. The van der Waals surface area contributed by atoms with Crippen molar-refractivity contribution in [3.63, 3.8) is 0 Å². The molecule has 0 saturated heterocycles. The third kappa shape index (κ3) is 3.95. The van der Waals surface area contributed by atoms with Crippen LogP contribution in [0.4, 0.5) is 0 Å². The highest BCUT2D eigenvalue weighted by atomic mass is 79.9. The molecule has 1 aromatic rings. The normalized spacial score (nSPS) is 13.6. The molecular formula is C17H23BrO2. The molecule has 0 N–H and O–H groups in total. The molecule has 0 aliphatic carbocycles. The zero-order chi connectivity index (χ0) is 15.0. The Morgan fingerprint density at radius 1 is 1.30 bits per heavy atom. The lowest BCUT2D eigenvalue weighted by molar-refractivity contribution is -0.111. The summed E-state index contributed by atoms with van der Waals surface area (Å²) in [6.45, 7) is 6.15. The largest absolute Gasteiger partial charge is 0.497 e. The molecule has 20 heavy (non-hydrogen) atoms. The van der Waals surface area contributed by atoms with Crippen LogP contribution in [0.2, 0.25) is 0 Å². The van der Waals surface area contributed by atoms with Gasteiger partial charge in [0.25, 0.3) is 0 Å². The summed E-state index contributed by atoms with van der Waals surface area (Å²) in [5.74, 6) is 0.791. The van der Waals surface area contributed by atoms with Gasteiger partial charge in [0.15, 0.2) is 0 Å². The second kappa shape index (κ2) is 8.25. The Kier molecular flexibility index (Phi) is 7.00. The molecule has 0 radical (unpaired) electrons. The molecule has 1 aromatic carbocycles. The standard InChI is InChI=1S/C17H23BrO2/c1-4-5-6-7-12-17(13-19,14(2)18)15-8-10-16(20-3)11-9-15/h8-11,13H,2,4-7,12H2,1,3H3. The lowest BCUT2D eigenvalue weighted by Crippen LogP contribution is -2.28. The minimum atomic E-state index is -0.639. The third-order valence-corrected chi connectivity index (χ3v) is 4.42. The number of hydrogen-bond donors (Lipinski definition) is 0. The molecule has 1 unspecified atom stereocenters. The fraction of sp³-hybridized carbons (Fsp3) is 0.471. The Morgan fingerprint density at radius 2 is 1.95 bits per heavy atom. The van der Waals surface area contributed by atoms with Crippen LogP contribution in [0.1, 0.15) is 44.6 Å². The van der Waals surface area contributed by atoms with Gasteiger partial charge in [0.1, 0.15) is 12.0 Å². The maximum absolute atomic E-state index is 11.8. The zero-order valence-corrected chi connectivity index (χ0v) is 13.9. The highest BCUT2D eigenvalue weighted by Gasteiger charge is 2.33. The highest BCUT2D eigenvalue weighted by molar-refractivity contribution is 9.11. The number of ether oxygens (including phenoxy) is 1. The summed E-state index contributed by atoms with van der Waals surface area (Å²) in [5.41, 5.74) is 0.326. The molecule has 110 valence electrons. The highest BCUT2D eigenvalue weighted by Crippen LogP contribution is 2.38.